The molecule has 0 atom stereocenters. The lowest BCUT2D eigenvalue weighted by atomic mass is 10.0. The molecular formula is C14H23ClN2O3S. The number of hydrogen-bond donors (Lipinski definition) is 2. The van der Waals surface area contributed by atoms with E-state index in [-0.39, 0.29) is 17.3 Å². The summed E-state index contributed by atoms with van der Waals surface area (Å²) >= 11 is 0. The molecule has 0 saturated heterocycles. The quantitative estimate of drug-likeness (QED) is 0.831. The summed E-state index contributed by atoms with van der Waals surface area (Å²) in [6.07, 6.45) is 3.65. The number of halogens is 1. The second-order valence-corrected chi connectivity index (χ2v) is 7.06. The number of methoxy groups -OCH3 is 1. The maximum absolute atomic E-state index is 12.5. The lowest BCUT2D eigenvalue weighted by Gasteiger charge is -2.28. The van der Waals surface area contributed by atoms with Crippen molar-refractivity contribution in [2.24, 2.45) is 5.73 Å². The average Bonchev–Trinajstić information content (AvgIpc) is 2.88. The average molecular weight is 335 g/mol. The maximum atomic E-state index is 12.5. The molecule has 5 nitrogen and oxygen atoms in total. The summed E-state index contributed by atoms with van der Waals surface area (Å²) in [5.41, 5.74) is 6.15. The van der Waals surface area contributed by atoms with Gasteiger partial charge in [0.05, 0.1) is 11.5 Å². The summed E-state index contributed by atoms with van der Waals surface area (Å²) in [4.78, 5) is 0.270. The molecule has 0 aromatic heterocycles. The van der Waals surface area contributed by atoms with E-state index in [0.717, 1.165) is 31.2 Å². The molecule has 1 fully saturated rings. The summed E-state index contributed by atoms with van der Waals surface area (Å²) in [5, 5.41) is 0. The monoisotopic (exact) mass is 334 g/mol. The first-order valence-corrected chi connectivity index (χ1v) is 8.32. The minimum atomic E-state index is -3.54. The number of rotatable bonds is 6. The second kappa shape index (κ2) is 7.56. The Labute approximate surface area is 132 Å². The molecule has 3 N–H and O–H groups in total. The van der Waals surface area contributed by atoms with Crippen molar-refractivity contribution < 1.29 is 13.2 Å². The lowest BCUT2D eigenvalue weighted by molar-refractivity contribution is 0.184. The molecule has 0 aliphatic heterocycles. The Morgan fingerprint density at radius 2 is 2.00 bits per heavy atom. The predicted molar refractivity (Wildman–Crippen MR) is 85.0 cm³/mol. The van der Waals surface area contributed by atoms with Crippen LogP contribution < -0.4 is 10.5 Å². The third-order valence-corrected chi connectivity index (χ3v) is 5.40. The van der Waals surface area contributed by atoms with Gasteiger partial charge in [-0.25, -0.2) is 13.1 Å². The third kappa shape index (κ3) is 4.40. The highest BCUT2D eigenvalue weighted by atomic mass is 35.5. The molecule has 0 amide bonds. The van der Waals surface area contributed by atoms with Gasteiger partial charge in [0, 0.05) is 19.2 Å². The normalized spacial score (nSPS) is 17.4. The van der Waals surface area contributed by atoms with E-state index in [4.69, 9.17) is 10.5 Å². The number of ether oxygens (including phenoxy) is 1. The van der Waals surface area contributed by atoms with E-state index in [1.165, 1.54) is 0 Å². The first-order valence-electron chi connectivity index (χ1n) is 6.83. The maximum Gasteiger partial charge on any atom is 0.241 e. The minimum Gasteiger partial charge on any atom is -0.380 e. The molecule has 7 heteroatoms. The van der Waals surface area contributed by atoms with Crippen LogP contribution in [0.5, 0.6) is 0 Å². The van der Waals surface area contributed by atoms with Gasteiger partial charge in [-0.1, -0.05) is 25.0 Å². The largest absolute Gasteiger partial charge is 0.380 e. The number of nitrogens with one attached hydrogen (secondary N) is 1. The SMILES string of the molecule is COCc1cccc(S(=O)(=O)NC2(CN)CCCC2)c1.Cl. The molecule has 0 spiro atoms. The zero-order valence-electron chi connectivity index (χ0n) is 12.2. The summed E-state index contributed by atoms with van der Waals surface area (Å²) in [6.45, 7) is 0.732. The Kier molecular flexibility index (Phi) is 6.62. The highest BCUT2D eigenvalue weighted by Gasteiger charge is 2.36. The van der Waals surface area contributed by atoms with Crippen molar-refractivity contribution >= 4 is 22.4 Å². The number of benzene rings is 1. The van der Waals surface area contributed by atoms with Crippen LogP contribution in [0.2, 0.25) is 0 Å². The van der Waals surface area contributed by atoms with Crippen LogP contribution in [0.1, 0.15) is 31.2 Å². The topological polar surface area (TPSA) is 81.4 Å². The fourth-order valence-electron chi connectivity index (χ4n) is 2.71. The van der Waals surface area contributed by atoms with Crippen molar-refractivity contribution in [3.8, 4) is 0 Å². The Morgan fingerprint density at radius 1 is 1.33 bits per heavy atom. The Bertz CT molecular complexity index is 557. The molecular weight excluding hydrogens is 312 g/mol. The van der Waals surface area contributed by atoms with Crippen LogP contribution in [0.25, 0.3) is 0 Å². The Morgan fingerprint density at radius 3 is 2.57 bits per heavy atom. The van der Waals surface area contributed by atoms with Gasteiger partial charge in [-0.15, -0.1) is 12.4 Å². The van der Waals surface area contributed by atoms with Gasteiger partial charge in [0.1, 0.15) is 0 Å². The van der Waals surface area contributed by atoms with Crippen LogP contribution in [-0.2, 0) is 21.4 Å². The van der Waals surface area contributed by atoms with Crippen LogP contribution in [0.4, 0.5) is 0 Å². The molecule has 21 heavy (non-hydrogen) atoms. The van der Waals surface area contributed by atoms with Crippen molar-refractivity contribution in [1.82, 2.24) is 4.72 Å². The number of hydrogen-bond acceptors (Lipinski definition) is 4. The summed E-state index contributed by atoms with van der Waals surface area (Å²) in [6, 6.07) is 6.81. The first kappa shape index (κ1) is 18.4. The molecule has 0 unspecified atom stereocenters. The Balaban J connectivity index is 0.00000220. The van der Waals surface area contributed by atoms with E-state index in [9.17, 15) is 8.42 Å². The van der Waals surface area contributed by atoms with E-state index in [1.807, 2.05) is 6.07 Å². The smallest absolute Gasteiger partial charge is 0.241 e. The lowest BCUT2D eigenvalue weighted by Crippen LogP contribution is -2.51. The van der Waals surface area contributed by atoms with Gasteiger partial charge in [-0.05, 0) is 30.5 Å². The van der Waals surface area contributed by atoms with Crippen molar-refractivity contribution in [1.29, 1.82) is 0 Å². The molecule has 1 aromatic carbocycles. The molecule has 1 aromatic rings. The van der Waals surface area contributed by atoms with Crippen molar-refractivity contribution in [3.05, 3.63) is 29.8 Å². The van der Waals surface area contributed by atoms with Gasteiger partial charge in [0.2, 0.25) is 10.0 Å². The zero-order valence-corrected chi connectivity index (χ0v) is 13.8. The van der Waals surface area contributed by atoms with Gasteiger partial charge < -0.3 is 10.5 Å². The molecule has 0 heterocycles. The molecule has 120 valence electrons. The Hall–Kier alpha value is -0.660. The fraction of sp³-hybridized carbons (Fsp3) is 0.571. The summed E-state index contributed by atoms with van der Waals surface area (Å²) < 4.78 is 32.8. The van der Waals surface area contributed by atoms with E-state index >= 15 is 0 Å². The highest BCUT2D eigenvalue weighted by Crippen LogP contribution is 2.30. The van der Waals surface area contributed by atoms with Crippen LogP contribution >= 0.6 is 12.4 Å². The van der Waals surface area contributed by atoms with E-state index in [2.05, 4.69) is 4.72 Å². The van der Waals surface area contributed by atoms with E-state index in [0.29, 0.717) is 13.2 Å². The van der Waals surface area contributed by atoms with Crippen LogP contribution in [0.3, 0.4) is 0 Å². The van der Waals surface area contributed by atoms with Crippen molar-refractivity contribution in [2.75, 3.05) is 13.7 Å². The van der Waals surface area contributed by atoms with Crippen LogP contribution in [-0.4, -0.2) is 27.6 Å². The van der Waals surface area contributed by atoms with Crippen molar-refractivity contribution in [3.63, 3.8) is 0 Å². The summed E-state index contributed by atoms with van der Waals surface area (Å²) in [7, 11) is -1.96. The van der Waals surface area contributed by atoms with E-state index < -0.39 is 15.6 Å². The molecule has 2 rings (SSSR count). The number of sulfonamides is 1. The molecule has 1 aliphatic carbocycles. The van der Waals surface area contributed by atoms with Gasteiger partial charge in [-0.2, -0.15) is 0 Å². The highest BCUT2D eigenvalue weighted by molar-refractivity contribution is 7.89. The predicted octanol–water partition coefficient (Wildman–Crippen LogP) is 1.80. The zero-order chi connectivity index (χ0) is 14.6. The van der Waals surface area contributed by atoms with Crippen LogP contribution in [0.15, 0.2) is 29.2 Å². The summed E-state index contributed by atoms with van der Waals surface area (Å²) in [5.74, 6) is 0. The minimum absolute atomic E-state index is 0. The molecule has 1 saturated carbocycles. The number of nitrogens with two attached hydrogens (primary N) is 1. The van der Waals surface area contributed by atoms with Gasteiger partial charge in [0.25, 0.3) is 0 Å². The van der Waals surface area contributed by atoms with Gasteiger partial charge in [0.15, 0.2) is 0 Å². The first-order chi connectivity index (χ1) is 9.51. The van der Waals surface area contributed by atoms with Crippen LogP contribution in [0, 0.1) is 0 Å². The van der Waals surface area contributed by atoms with Gasteiger partial charge in [-0.3, -0.25) is 0 Å². The second-order valence-electron chi connectivity index (χ2n) is 5.38. The third-order valence-electron chi connectivity index (χ3n) is 3.82. The van der Waals surface area contributed by atoms with Gasteiger partial charge >= 0.3 is 0 Å². The fourth-order valence-corrected chi connectivity index (χ4v) is 4.25. The molecule has 1 aliphatic rings. The standard InChI is InChI=1S/C14H22N2O3S.ClH/c1-19-10-12-5-4-6-13(9-12)20(17,18)16-14(11-15)7-2-3-8-14;/h4-6,9,16H,2-3,7-8,10-11,15H2,1H3;1H. The molecule has 0 radical (unpaired) electrons. The van der Waals surface area contributed by atoms with Crippen molar-refractivity contribution in [2.45, 2.75) is 42.7 Å². The molecule has 0 bridgehead atoms. The van der Waals surface area contributed by atoms with E-state index in [1.54, 1.807) is 25.3 Å².